The topological polar surface area (TPSA) is 34.1 Å². The molecule has 2 rings (SSSR count). The summed E-state index contributed by atoms with van der Waals surface area (Å²) in [5.74, 6) is 0.915. The van der Waals surface area contributed by atoms with Gasteiger partial charge in [0.05, 0.1) is 6.61 Å². The molecule has 1 aliphatic rings. The average molecular weight is 271 g/mol. The van der Waals surface area contributed by atoms with Crippen LogP contribution in [0.5, 0.6) is 0 Å². The van der Waals surface area contributed by atoms with E-state index in [-0.39, 0.29) is 12.4 Å². The van der Waals surface area contributed by atoms with Crippen LogP contribution in [0.4, 0.5) is 0 Å². The third kappa shape index (κ3) is 5.80. The maximum Gasteiger partial charge on any atom is 0.0731 e. The predicted octanol–water partition coefficient (Wildman–Crippen LogP) is 2.80. The number of nitrogens with one attached hydrogen (secondary N) is 1. The lowest BCUT2D eigenvalue weighted by atomic mass is 9.93. The maximum absolute atomic E-state index is 5.66. The standard InChI is InChI=1S/C14H22N2O.ClH/c1-3-14(11-16-7-1)12-17-10-2-4-13-5-8-15-9-6-13;/h1,3,7,11,13,15H,2,4-6,8-10,12H2;1H. The third-order valence-corrected chi connectivity index (χ3v) is 3.35. The molecular formula is C14H23ClN2O. The molecule has 0 aromatic carbocycles. The van der Waals surface area contributed by atoms with E-state index in [2.05, 4.69) is 16.4 Å². The zero-order chi connectivity index (χ0) is 11.8. The maximum atomic E-state index is 5.66. The molecule has 0 unspecified atom stereocenters. The van der Waals surface area contributed by atoms with Crippen LogP contribution in [-0.2, 0) is 11.3 Å². The summed E-state index contributed by atoms with van der Waals surface area (Å²) in [5, 5.41) is 3.40. The van der Waals surface area contributed by atoms with Crippen molar-refractivity contribution in [2.24, 2.45) is 5.92 Å². The second kappa shape index (κ2) is 9.31. The van der Waals surface area contributed by atoms with Gasteiger partial charge in [0.2, 0.25) is 0 Å². The first-order chi connectivity index (χ1) is 8.45. The molecule has 1 aliphatic heterocycles. The molecule has 0 bridgehead atoms. The van der Waals surface area contributed by atoms with E-state index in [1.807, 2.05) is 12.3 Å². The average Bonchev–Trinajstić information content (AvgIpc) is 2.41. The Morgan fingerprint density at radius 2 is 2.17 bits per heavy atom. The van der Waals surface area contributed by atoms with E-state index in [0.717, 1.165) is 18.1 Å². The number of hydrogen-bond acceptors (Lipinski definition) is 3. The summed E-state index contributed by atoms with van der Waals surface area (Å²) in [6.07, 6.45) is 8.83. The van der Waals surface area contributed by atoms with Gasteiger partial charge in [-0.1, -0.05) is 6.07 Å². The van der Waals surface area contributed by atoms with Gasteiger partial charge in [0.15, 0.2) is 0 Å². The highest BCUT2D eigenvalue weighted by atomic mass is 35.5. The lowest BCUT2D eigenvalue weighted by Gasteiger charge is -2.22. The third-order valence-electron chi connectivity index (χ3n) is 3.35. The van der Waals surface area contributed by atoms with Crippen LogP contribution in [-0.4, -0.2) is 24.7 Å². The Morgan fingerprint density at radius 3 is 2.89 bits per heavy atom. The molecule has 18 heavy (non-hydrogen) atoms. The molecule has 2 heterocycles. The van der Waals surface area contributed by atoms with Crippen molar-refractivity contribution in [3.63, 3.8) is 0 Å². The van der Waals surface area contributed by atoms with E-state index < -0.39 is 0 Å². The number of piperidine rings is 1. The van der Waals surface area contributed by atoms with E-state index in [1.165, 1.54) is 38.8 Å². The summed E-state index contributed by atoms with van der Waals surface area (Å²) in [6.45, 7) is 3.96. The summed E-state index contributed by atoms with van der Waals surface area (Å²) in [6, 6.07) is 4.01. The van der Waals surface area contributed by atoms with Gasteiger partial charge in [0.25, 0.3) is 0 Å². The molecular weight excluding hydrogens is 248 g/mol. The number of hydrogen-bond donors (Lipinski definition) is 1. The molecule has 0 saturated carbocycles. The van der Waals surface area contributed by atoms with E-state index in [1.54, 1.807) is 6.20 Å². The van der Waals surface area contributed by atoms with Gasteiger partial charge >= 0.3 is 0 Å². The molecule has 3 nitrogen and oxygen atoms in total. The van der Waals surface area contributed by atoms with Crippen LogP contribution in [0.3, 0.4) is 0 Å². The number of nitrogens with zero attached hydrogens (tertiary/aromatic N) is 1. The first-order valence-electron chi connectivity index (χ1n) is 6.62. The number of ether oxygens (including phenoxy) is 1. The molecule has 0 amide bonds. The Balaban J connectivity index is 0.00000162. The van der Waals surface area contributed by atoms with E-state index in [9.17, 15) is 0 Å². The Morgan fingerprint density at radius 1 is 1.33 bits per heavy atom. The van der Waals surface area contributed by atoms with Crippen molar-refractivity contribution in [3.8, 4) is 0 Å². The second-order valence-corrected chi connectivity index (χ2v) is 4.75. The minimum absolute atomic E-state index is 0. The van der Waals surface area contributed by atoms with Gasteiger partial charge in [0, 0.05) is 19.0 Å². The zero-order valence-electron chi connectivity index (χ0n) is 10.8. The quantitative estimate of drug-likeness (QED) is 0.807. The van der Waals surface area contributed by atoms with Crippen LogP contribution in [0.2, 0.25) is 0 Å². The van der Waals surface area contributed by atoms with Crippen molar-refractivity contribution in [2.45, 2.75) is 32.3 Å². The normalized spacial score (nSPS) is 16.2. The minimum atomic E-state index is 0. The van der Waals surface area contributed by atoms with Gasteiger partial charge < -0.3 is 10.1 Å². The fourth-order valence-corrected chi connectivity index (χ4v) is 2.32. The van der Waals surface area contributed by atoms with Crippen molar-refractivity contribution in [1.29, 1.82) is 0 Å². The Labute approximate surface area is 116 Å². The monoisotopic (exact) mass is 270 g/mol. The molecule has 1 aromatic heterocycles. The molecule has 4 heteroatoms. The van der Waals surface area contributed by atoms with Crippen LogP contribution < -0.4 is 5.32 Å². The summed E-state index contributed by atoms with van der Waals surface area (Å²) >= 11 is 0. The number of halogens is 1. The number of pyridine rings is 1. The SMILES string of the molecule is Cl.c1cncc(COCCCC2CCNCC2)c1. The highest BCUT2D eigenvalue weighted by Gasteiger charge is 2.11. The van der Waals surface area contributed by atoms with Crippen LogP contribution in [0, 0.1) is 5.92 Å². The van der Waals surface area contributed by atoms with Gasteiger partial charge in [-0.15, -0.1) is 12.4 Å². The molecule has 1 saturated heterocycles. The van der Waals surface area contributed by atoms with Crippen molar-refractivity contribution in [1.82, 2.24) is 10.3 Å². The molecule has 0 aliphatic carbocycles. The van der Waals surface area contributed by atoms with Crippen molar-refractivity contribution in [3.05, 3.63) is 30.1 Å². The molecule has 1 fully saturated rings. The van der Waals surface area contributed by atoms with Gasteiger partial charge in [0.1, 0.15) is 0 Å². The van der Waals surface area contributed by atoms with Crippen LogP contribution >= 0.6 is 12.4 Å². The molecule has 1 N–H and O–H groups in total. The Bertz CT molecular complexity index is 302. The molecule has 0 atom stereocenters. The molecule has 1 aromatic rings. The predicted molar refractivity (Wildman–Crippen MR) is 76.0 cm³/mol. The van der Waals surface area contributed by atoms with Gasteiger partial charge in [-0.25, -0.2) is 0 Å². The Kier molecular flexibility index (Phi) is 7.98. The first-order valence-corrected chi connectivity index (χ1v) is 6.62. The van der Waals surface area contributed by atoms with E-state index in [0.29, 0.717) is 6.61 Å². The highest BCUT2D eigenvalue weighted by molar-refractivity contribution is 5.85. The molecule has 0 radical (unpaired) electrons. The summed E-state index contributed by atoms with van der Waals surface area (Å²) in [4.78, 5) is 4.07. The van der Waals surface area contributed by atoms with Crippen LogP contribution in [0.15, 0.2) is 24.5 Å². The summed E-state index contributed by atoms with van der Waals surface area (Å²) in [7, 11) is 0. The zero-order valence-corrected chi connectivity index (χ0v) is 11.6. The summed E-state index contributed by atoms with van der Waals surface area (Å²) in [5.41, 5.74) is 1.16. The number of rotatable bonds is 6. The van der Waals surface area contributed by atoms with E-state index >= 15 is 0 Å². The van der Waals surface area contributed by atoms with Crippen molar-refractivity contribution < 1.29 is 4.74 Å². The van der Waals surface area contributed by atoms with Crippen molar-refractivity contribution in [2.75, 3.05) is 19.7 Å². The van der Waals surface area contributed by atoms with Gasteiger partial charge in [-0.2, -0.15) is 0 Å². The van der Waals surface area contributed by atoms with E-state index in [4.69, 9.17) is 4.74 Å². The second-order valence-electron chi connectivity index (χ2n) is 4.75. The first kappa shape index (κ1) is 15.4. The van der Waals surface area contributed by atoms with Gasteiger partial charge in [-0.05, 0) is 56.3 Å². The van der Waals surface area contributed by atoms with Gasteiger partial charge in [-0.3, -0.25) is 4.98 Å². The molecule has 102 valence electrons. The van der Waals surface area contributed by atoms with Crippen LogP contribution in [0.1, 0.15) is 31.2 Å². The van der Waals surface area contributed by atoms with Crippen molar-refractivity contribution >= 4 is 12.4 Å². The number of aromatic nitrogens is 1. The Hall–Kier alpha value is -0.640. The smallest absolute Gasteiger partial charge is 0.0731 e. The highest BCUT2D eigenvalue weighted by Crippen LogP contribution is 2.17. The summed E-state index contributed by atoms with van der Waals surface area (Å²) < 4.78 is 5.66. The molecule has 0 spiro atoms. The largest absolute Gasteiger partial charge is 0.377 e. The fraction of sp³-hybridized carbons (Fsp3) is 0.643. The van der Waals surface area contributed by atoms with Crippen LogP contribution in [0.25, 0.3) is 0 Å². The lowest BCUT2D eigenvalue weighted by molar-refractivity contribution is 0.112. The fourth-order valence-electron chi connectivity index (χ4n) is 2.32. The lowest BCUT2D eigenvalue weighted by Crippen LogP contribution is -2.27. The minimum Gasteiger partial charge on any atom is -0.377 e.